The van der Waals surface area contributed by atoms with Crippen LogP contribution in [-0.2, 0) is 6.42 Å². The topological polar surface area (TPSA) is 46.2 Å². The summed E-state index contributed by atoms with van der Waals surface area (Å²) >= 11 is 0. The molecule has 2 nitrogen and oxygen atoms in total. The SMILES string of the molecule is Nc1ccc2c(c1O)-c1c(C#Cc3ccccc3)cccc1C2. The fraction of sp³-hybridized carbons (Fsp3) is 0.0476. The molecule has 0 spiro atoms. The summed E-state index contributed by atoms with van der Waals surface area (Å²) in [6.45, 7) is 0. The van der Waals surface area contributed by atoms with Crippen LogP contribution >= 0.6 is 0 Å². The summed E-state index contributed by atoms with van der Waals surface area (Å²) in [5.41, 5.74) is 12.3. The molecule has 3 N–H and O–H groups in total. The minimum absolute atomic E-state index is 0.162. The van der Waals surface area contributed by atoms with Crippen LogP contribution in [0.3, 0.4) is 0 Å². The Morgan fingerprint density at radius 2 is 1.57 bits per heavy atom. The average molecular weight is 297 g/mol. The zero-order chi connectivity index (χ0) is 15.8. The first-order valence-electron chi connectivity index (χ1n) is 7.53. The van der Waals surface area contributed by atoms with Gasteiger partial charge >= 0.3 is 0 Å². The molecule has 0 heterocycles. The number of anilines is 1. The van der Waals surface area contributed by atoms with Gasteiger partial charge < -0.3 is 10.8 Å². The first kappa shape index (κ1) is 13.5. The van der Waals surface area contributed by atoms with Gasteiger partial charge in [0.25, 0.3) is 0 Å². The van der Waals surface area contributed by atoms with Gasteiger partial charge in [-0.25, -0.2) is 0 Å². The standard InChI is InChI=1S/C21H15NO/c22-18-12-11-17-13-16-8-4-7-15(19(16)20(17)21(18)23)10-9-14-5-2-1-3-6-14/h1-8,11-12,23H,13,22H2. The zero-order valence-corrected chi connectivity index (χ0v) is 12.5. The lowest BCUT2D eigenvalue weighted by Gasteiger charge is -2.08. The van der Waals surface area contributed by atoms with Crippen molar-refractivity contribution < 1.29 is 5.11 Å². The van der Waals surface area contributed by atoms with Crippen molar-refractivity contribution in [2.24, 2.45) is 0 Å². The predicted molar refractivity (Wildman–Crippen MR) is 93.2 cm³/mol. The van der Waals surface area contributed by atoms with E-state index in [4.69, 9.17) is 5.73 Å². The van der Waals surface area contributed by atoms with Gasteiger partial charge in [0.2, 0.25) is 0 Å². The molecule has 3 aromatic rings. The number of hydrogen-bond donors (Lipinski definition) is 2. The van der Waals surface area contributed by atoms with Gasteiger partial charge in [0.15, 0.2) is 0 Å². The van der Waals surface area contributed by atoms with Crippen molar-refractivity contribution in [2.75, 3.05) is 5.73 Å². The van der Waals surface area contributed by atoms with Gasteiger partial charge in [-0.05, 0) is 41.8 Å². The number of fused-ring (bicyclic) bond motifs is 3. The molecule has 110 valence electrons. The van der Waals surface area contributed by atoms with Crippen LogP contribution in [0.4, 0.5) is 5.69 Å². The molecule has 0 aliphatic heterocycles. The van der Waals surface area contributed by atoms with E-state index in [1.165, 1.54) is 5.56 Å². The van der Waals surface area contributed by atoms with Crippen LogP contribution in [0.25, 0.3) is 11.1 Å². The highest BCUT2D eigenvalue weighted by molar-refractivity contribution is 5.89. The van der Waals surface area contributed by atoms with Crippen molar-refractivity contribution in [3.63, 3.8) is 0 Å². The third-order valence-electron chi connectivity index (χ3n) is 4.19. The first-order valence-corrected chi connectivity index (χ1v) is 7.53. The van der Waals surface area contributed by atoms with Gasteiger partial charge in [0, 0.05) is 22.3 Å². The summed E-state index contributed by atoms with van der Waals surface area (Å²) in [7, 11) is 0. The lowest BCUT2D eigenvalue weighted by Crippen LogP contribution is -1.90. The highest BCUT2D eigenvalue weighted by Gasteiger charge is 2.24. The Morgan fingerprint density at radius 1 is 0.783 bits per heavy atom. The van der Waals surface area contributed by atoms with Gasteiger partial charge in [-0.3, -0.25) is 0 Å². The van der Waals surface area contributed by atoms with Crippen LogP contribution in [0.1, 0.15) is 22.3 Å². The zero-order valence-electron chi connectivity index (χ0n) is 12.5. The third kappa shape index (κ3) is 2.23. The maximum Gasteiger partial charge on any atom is 0.146 e. The maximum absolute atomic E-state index is 10.4. The Kier molecular flexibility index (Phi) is 3.06. The van der Waals surface area contributed by atoms with E-state index in [-0.39, 0.29) is 5.75 Å². The highest BCUT2D eigenvalue weighted by atomic mass is 16.3. The summed E-state index contributed by atoms with van der Waals surface area (Å²) in [5, 5.41) is 10.4. The lowest BCUT2D eigenvalue weighted by atomic mass is 9.98. The summed E-state index contributed by atoms with van der Waals surface area (Å²) in [5.74, 6) is 6.60. The molecule has 23 heavy (non-hydrogen) atoms. The molecule has 0 bridgehead atoms. The van der Waals surface area contributed by atoms with Crippen molar-refractivity contribution in [3.05, 3.63) is 82.9 Å². The largest absolute Gasteiger partial charge is 0.505 e. The fourth-order valence-electron chi connectivity index (χ4n) is 3.09. The molecule has 3 aromatic carbocycles. The second kappa shape index (κ2) is 5.23. The van der Waals surface area contributed by atoms with Gasteiger partial charge in [-0.2, -0.15) is 0 Å². The van der Waals surface area contributed by atoms with E-state index >= 15 is 0 Å². The number of hydrogen-bond acceptors (Lipinski definition) is 2. The smallest absolute Gasteiger partial charge is 0.146 e. The van der Waals surface area contributed by atoms with Crippen LogP contribution in [0.2, 0.25) is 0 Å². The second-order valence-electron chi connectivity index (χ2n) is 5.67. The summed E-state index contributed by atoms with van der Waals surface area (Å²) in [4.78, 5) is 0. The molecule has 0 atom stereocenters. The number of nitrogen functional groups attached to an aromatic ring is 1. The maximum atomic E-state index is 10.4. The van der Waals surface area contributed by atoms with Gasteiger partial charge in [0.1, 0.15) is 5.75 Å². The normalized spacial score (nSPS) is 11.3. The van der Waals surface area contributed by atoms with E-state index < -0.39 is 0 Å². The van der Waals surface area contributed by atoms with Crippen molar-refractivity contribution in [3.8, 4) is 28.7 Å². The third-order valence-corrected chi connectivity index (χ3v) is 4.19. The molecule has 0 saturated carbocycles. The molecule has 0 unspecified atom stereocenters. The minimum atomic E-state index is 0.162. The van der Waals surface area contributed by atoms with E-state index in [0.717, 1.165) is 34.2 Å². The Morgan fingerprint density at radius 3 is 2.39 bits per heavy atom. The molecular formula is C21H15NO. The molecular weight excluding hydrogens is 282 g/mol. The molecule has 0 saturated heterocycles. The molecule has 1 aliphatic carbocycles. The molecule has 0 radical (unpaired) electrons. The van der Waals surface area contributed by atoms with Crippen LogP contribution in [0, 0.1) is 11.8 Å². The Balaban J connectivity index is 1.89. The van der Waals surface area contributed by atoms with Crippen molar-refractivity contribution in [1.82, 2.24) is 0 Å². The molecule has 4 rings (SSSR count). The number of phenols is 1. The van der Waals surface area contributed by atoms with E-state index in [1.807, 2.05) is 48.5 Å². The number of benzene rings is 3. The summed E-state index contributed by atoms with van der Waals surface area (Å²) in [6, 6.07) is 19.7. The molecule has 0 fully saturated rings. The fourth-order valence-corrected chi connectivity index (χ4v) is 3.09. The lowest BCUT2D eigenvalue weighted by molar-refractivity contribution is 0.480. The van der Waals surface area contributed by atoms with E-state index in [1.54, 1.807) is 6.07 Å². The number of nitrogens with two attached hydrogens (primary N) is 1. The summed E-state index contributed by atoms with van der Waals surface area (Å²) < 4.78 is 0. The Bertz CT molecular complexity index is 962. The van der Waals surface area contributed by atoms with Gasteiger partial charge in [-0.1, -0.05) is 48.2 Å². The molecule has 2 heteroatoms. The predicted octanol–water partition coefficient (Wildman–Crippen LogP) is 3.95. The number of rotatable bonds is 0. The second-order valence-corrected chi connectivity index (χ2v) is 5.67. The highest BCUT2D eigenvalue weighted by Crippen LogP contribution is 2.46. The molecule has 0 aromatic heterocycles. The van der Waals surface area contributed by atoms with Crippen molar-refractivity contribution in [2.45, 2.75) is 6.42 Å². The number of aromatic hydroxyl groups is 1. The summed E-state index contributed by atoms with van der Waals surface area (Å²) in [6.07, 6.45) is 0.805. The van der Waals surface area contributed by atoms with Crippen LogP contribution in [-0.4, -0.2) is 5.11 Å². The number of phenolic OH excluding ortho intramolecular Hbond substituents is 1. The Hall–Kier alpha value is -3.18. The van der Waals surface area contributed by atoms with Gasteiger partial charge in [-0.15, -0.1) is 0 Å². The quantitative estimate of drug-likeness (QED) is 0.293. The first-order chi connectivity index (χ1) is 11.2. The average Bonchev–Trinajstić information content (AvgIpc) is 2.97. The van der Waals surface area contributed by atoms with Crippen LogP contribution in [0.15, 0.2) is 60.7 Å². The molecule has 1 aliphatic rings. The van der Waals surface area contributed by atoms with Crippen LogP contribution in [0.5, 0.6) is 5.75 Å². The van der Waals surface area contributed by atoms with Crippen LogP contribution < -0.4 is 5.73 Å². The monoisotopic (exact) mass is 297 g/mol. The van der Waals surface area contributed by atoms with E-state index in [0.29, 0.717) is 5.69 Å². The van der Waals surface area contributed by atoms with Gasteiger partial charge in [0.05, 0.1) is 5.69 Å². The Labute approximate surface area is 135 Å². The van der Waals surface area contributed by atoms with E-state index in [9.17, 15) is 5.11 Å². The minimum Gasteiger partial charge on any atom is -0.505 e. The van der Waals surface area contributed by atoms with Crippen molar-refractivity contribution >= 4 is 5.69 Å². The van der Waals surface area contributed by atoms with Crippen molar-refractivity contribution in [1.29, 1.82) is 0 Å². The van der Waals surface area contributed by atoms with E-state index in [2.05, 4.69) is 17.9 Å². The molecule has 0 amide bonds.